The third-order valence-corrected chi connectivity index (χ3v) is 3.33. The molecule has 3 heteroatoms. The normalized spacial score (nSPS) is 12.1. The molecule has 18 heavy (non-hydrogen) atoms. The molecule has 0 aromatic heterocycles. The van der Waals surface area contributed by atoms with Gasteiger partial charge in [0, 0.05) is 13.1 Å². The van der Waals surface area contributed by atoms with Crippen molar-refractivity contribution in [2.45, 2.75) is 40.2 Å². The topological polar surface area (TPSA) is 29.5 Å². The Bertz CT molecular complexity index is 415. The first-order chi connectivity index (χ1) is 8.45. The summed E-state index contributed by atoms with van der Waals surface area (Å²) in [6.45, 7) is 8.24. The Hall–Kier alpha value is -1.51. The predicted octanol–water partition coefficient (Wildman–Crippen LogP) is 2.94. The molecule has 0 saturated heterocycles. The van der Waals surface area contributed by atoms with Crippen LogP contribution < -0.4 is 4.74 Å². The Morgan fingerprint density at radius 3 is 2.61 bits per heavy atom. The molecule has 0 radical (unpaired) electrons. The van der Waals surface area contributed by atoms with Crippen molar-refractivity contribution >= 4 is 5.91 Å². The first kappa shape index (κ1) is 14.6. The van der Waals surface area contributed by atoms with Crippen LogP contribution in [-0.2, 0) is 4.79 Å². The summed E-state index contributed by atoms with van der Waals surface area (Å²) in [6.07, 6.45) is 0.950. The van der Waals surface area contributed by atoms with E-state index in [0.29, 0.717) is 0 Å². The number of likely N-dealkylation sites (N-methyl/N-ethyl adjacent to an activating group) is 1. The highest BCUT2D eigenvalue weighted by molar-refractivity contribution is 5.77. The maximum absolute atomic E-state index is 11.9. The molecule has 100 valence electrons. The summed E-state index contributed by atoms with van der Waals surface area (Å²) in [5, 5.41) is 0. The van der Waals surface area contributed by atoms with Crippen LogP contribution in [0.3, 0.4) is 0 Å². The minimum atomic E-state index is 0.0179. The Labute approximate surface area is 110 Å². The number of benzene rings is 1. The number of carbonyl (C=O) groups excluding carboxylic acids is 1. The van der Waals surface area contributed by atoms with E-state index in [4.69, 9.17) is 4.74 Å². The number of carbonyl (C=O) groups is 1. The fourth-order valence-electron chi connectivity index (χ4n) is 1.72. The maximum atomic E-state index is 11.9. The van der Waals surface area contributed by atoms with Gasteiger partial charge in [-0.1, -0.05) is 24.6 Å². The monoisotopic (exact) mass is 249 g/mol. The molecule has 1 unspecified atom stereocenters. The molecule has 0 aliphatic carbocycles. The Morgan fingerprint density at radius 2 is 2.06 bits per heavy atom. The van der Waals surface area contributed by atoms with Crippen LogP contribution in [0, 0.1) is 13.8 Å². The SMILES string of the molecule is CCC(C)N(C)C(=O)COc1ccc(C)cc1C. The molecular formula is C15H23NO2. The molecule has 0 saturated carbocycles. The van der Waals surface area contributed by atoms with Crippen molar-refractivity contribution in [2.75, 3.05) is 13.7 Å². The van der Waals surface area contributed by atoms with Crippen molar-refractivity contribution in [2.24, 2.45) is 0 Å². The molecule has 1 aromatic rings. The van der Waals surface area contributed by atoms with Gasteiger partial charge in [0.05, 0.1) is 0 Å². The summed E-state index contributed by atoms with van der Waals surface area (Å²) in [6, 6.07) is 6.21. The van der Waals surface area contributed by atoms with Gasteiger partial charge in [-0.15, -0.1) is 0 Å². The predicted molar refractivity (Wildman–Crippen MR) is 73.9 cm³/mol. The molecule has 1 rings (SSSR count). The summed E-state index contributed by atoms with van der Waals surface area (Å²) in [5.41, 5.74) is 2.26. The van der Waals surface area contributed by atoms with Crippen molar-refractivity contribution in [3.8, 4) is 5.75 Å². The number of nitrogens with zero attached hydrogens (tertiary/aromatic N) is 1. The number of amides is 1. The van der Waals surface area contributed by atoms with E-state index in [1.807, 2.05) is 40.0 Å². The third-order valence-electron chi connectivity index (χ3n) is 3.33. The number of ether oxygens (including phenoxy) is 1. The molecule has 0 aliphatic heterocycles. The Morgan fingerprint density at radius 1 is 1.39 bits per heavy atom. The van der Waals surface area contributed by atoms with Crippen LogP contribution in [0.4, 0.5) is 0 Å². The summed E-state index contributed by atoms with van der Waals surface area (Å²) in [7, 11) is 1.82. The van der Waals surface area contributed by atoms with E-state index in [1.54, 1.807) is 4.90 Å². The molecule has 0 heterocycles. The molecule has 0 N–H and O–H groups in total. The molecule has 0 fully saturated rings. The zero-order chi connectivity index (χ0) is 13.7. The van der Waals surface area contributed by atoms with Crippen LogP contribution in [0.15, 0.2) is 18.2 Å². The van der Waals surface area contributed by atoms with Gasteiger partial charge in [0.15, 0.2) is 6.61 Å². The molecule has 0 spiro atoms. The van der Waals surface area contributed by atoms with Gasteiger partial charge in [0.2, 0.25) is 0 Å². The second-order valence-corrected chi connectivity index (χ2v) is 4.82. The van der Waals surface area contributed by atoms with Crippen molar-refractivity contribution in [3.05, 3.63) is 29.3 Å². The fraction of sp³-hybridized carbons (Fsp3) is 0.533. The maximum Gasteiger partial charge on any atom is 0.260 e. The lowest BCUT2D eigenvalue weighted by atomic mass is 10.1. The van der Waals surface area contributed by atoms with Gasteiger partial charge in [-0.3, -0.25) is 4.79 Å². The highest BCUT2D eigenvalue weighted by Gasteiger charge is 2.14. The largest absolute Gasteiger partial charge is 0.484 e. The van der Waals surface area contributed by atoms with E-state index in [1.165, 1.54) is 5.56 Å². The highest BCUT2D eigenvalue weighted by Crippen LogP contribution is 2.18. The Kier molecular flexibility index (Phi) is 5.20. The van der Waals surface area contributed by atoms with Gasteiger partial charge in [-0.2, -0.15) is 0 Å². The minimum Gasteiger partial charge on any atom is -0.484 e. The summed E-state index contributed by atoms with van der Waals surface area (Å²) in [5.74, 6) is 0.802. The van der Waals surface area contributed by atoms with Crippen LogP contribution in [-0.4, -0.2) is 30.5 Å². The number of hydrogen-bond acceptors (Lipinski definition) is 2. The zero-order valence-electron chi connectivity index (χ0n) is 12.0. The van der Waals surface area contributed by atoms with Crippen molar-refractivity contribution < 1.29 is 9.53 Å². The number of hydrogen-bond donors (Lipinski definition) is 0. The molecule has 3 nitrogen and oxygen atoms in total. The summed E-state index contributed by atoms with van der Waals surface area (Å²) < 4.78 is 5.58. The van der Waals surface area contributed by atoms with Gasteiger partial charge >= 0.3 is 0 Å². The summed E-state index contributed by atoms with van der Waals surface area (Å²) >= 11 is 0. The fourth-order valence-corrected chi connectivity index (χ4v) is 1.72. The van der Waals surface area contributed by atoms with Crippen LogP contribution in [0.5, 0.6) is 5.75 Å². The van der Waals surface area contributed by atoms with Crippen molar-refractivity contribution in [3.63, 3.8) is 0 Å². The van der Waals surface area contributed by atoms with E-state index in [0.717, 1.165) is 17.7 Å². The quantitative estimate of drug-likeness (QED) is 0.803. The van der Waals surface area contributed by atoms with E-state index >= 15 is 0 Å². The number of aryl methyl sites for hydroxylation is 2. The van der Waals surface area contributed by atoms with Crippen molar-refractivity contribution in [1.82, 2.24) is 4.90 Å². The van der Waals surface area contributed by atoms with Gasteiger partial charge < -0.3 is 9.64 Å². The van der Waals surface area contributed by atoms with Gasteiger partial charge in [-0.05, 0) is 38.8 Å². The zero-order valence-corrected chi connectivity index (χ0v) is 12.0. The van der Waals surface area contributed by atoms with Crippen LogP contribution in [0.2, 0.25) is 0 Å². The molecule has 0 bridgehead atoms. The second kappa shape index (κ2) is 6.43. The molecule has 0 aliphatic rings. The molecule has 1 aromatic carbocycles. The van der Waals surface area contributed by atoms with Crippen LogP contribution in [0.1, 0.15) is 31.4 Å². The average Bonchev–Trinajstić information content (AvgIpc) is 2.35. The van der Waals surface area contributed by atoms with Gasteiger partial charge in [0.25, 0.3) is 5.91 Å². The first-order valence-electron chi connectivity index (χ1n) is 6.41. The Balaban J connectivity index is 2.57. The lowest BCUT2D eigenvalue weighted by Crippen LogP contribution is -2.37. The molecular weight excluding hydrogens is 226 g/mol. The lowest BCUT2D eigenvalue weighted by molar-refractivity contribution is -0.133. The average molecular weight is 249 g/mol. The second-order valence-electron chi connectivity index (χ2n) is 4.82. The molecule has 1 amide bonds. The van der Waals surface area contributed by atoms with Crippen LogP contribution in [0.25, 0.3) is 0 Å². The summed E-state index contributed by atoms with van der Waals surface area (Å²) in [4.78, 5) is 13.6. The first-order valence-corrected chi connectivity index (χ1v) is 6.41. The van der Waals surface area contributed by atoms with Crippen molar-refractivity contribution in [1.29, 1.82) is 0 Å². The smallest absolute Gasteiger partial charge is 0.260 e. The van der Waals surface area contributed by atoms with E-state index < -0.39 is 0 Å². The van der Waals surface area contributed by atoms with E-state index in [2.05, 4.69) is 13.0 Å². The molecule has 1 atom stereocenters. The van der Waals surface area contributed by atoms with Gasteiger partial charge in [-0.25, -0.2) is 0 Å². The minimum absolute atomic E-state index is 0.0179. The van der Waals surface area contributed by atoms with E-state index in [9.17, 15) is 4.79 Å². The highest BCUT2D eigenvalue weighted by atomic mass is 16.5. The van der Waals surface area contributed by atoms with E-state index in [-0.39, 0.29) is 18.6 Å². The third kappa shape index (κ3) is 3.76. The lowest BCUT2D eigenvalue weighted by Gasteiger charge is -2.24. The number of rotatable bonds is 5. The standard InChI is InChI=1S/C15H23NO2/c1-6-13(4)16(5)15(17)10-18-14-8-7-11(2)9-12(14)3/h7-9,13H,6,10H2,1-5H3. The van der Waals surface area contributed by atoms with Gasteiger partial charge in [0.1, 0.15) is 5.75 Å². The van der Waals surface area contributed by atoms with Crippen LogP contribution >= 0.6 is 0 Å².